The largest absolute Gasteiger partial charge is 0.317 e. The van der Waals surface area contributed by atoms with E-state index < -0.39 is 6.43 Å². The third-order valence-corrected chi connectivity index (χ3v) is 3.24. The summed E-state index contributed by atoms with van der Waals surface area (Å²) >= 11 is 1.11. The molecule has 0 aliphatic heterocycles. The fourth-order valence-corrected chi connectivity index (χ4v) is 2.17. The summed E-state index contributed by atoms with van der Waals surface area (Å²) in [6.45, 7) is 3.63. The van der Waals surface area contributed by atoms with Crippen LogP contribution in [0.25, 0.3) is 0 Å². The molecule has 0 bridgehead atoms. The molecule has 2 nitrogen and oxygen atoms in total. The van der Waals surface area contributed by atoms with Crippen LogP contribution in [0, 0.1) is 6.92 Å². The molecule has 0 fully saturated rings. The molecule has 0 amide bonds. The van der Waals surface area contributed by atoms with Gasteiger partial charge in [-0.3, -0.25) is 0 Å². The van der Waals surface area contributed by atoms with Gasteiger partial charge in [0, 0.05) is 12.5 Å². The van der Waals surface area contributed by atoms with Crippen LogP contribution < -0.4 is 5.32 Å². The van der Waals surface area contributed by atoms with Gasteiger partial charge in [-0.15, -0.1) is 11.3 Å². The topological polar surface area (TPSA) is 24.9 Å². The molecule has 1 atom stereocenters. The van der Waals surface area contributed by atoms with E-state index in [4.69, 9.17) is 0 Å². The van der Waals surface area contributed by atoms with Crippen molar-refractivity contribution in [1.29, 1.82) is 0 Å². The monoisotopic (exact) mass is 220 g/mol. The summed E-state index contributed by atoms with van der Waals surface area (Å²) in [6.07, 6.45) is -1.69. The van der Waals surface area contributed by atoms with Crippen molar-refractivity contribution in [2.45, 2.75) is 32.7 Å². The standard InChI is InChI=1S/C9H14F2N2S/c1-5(12-3)4-7-13-6(2)8(14-7)9(10)11/h5,9,12H,4H2,1-3H3. The van der Waals surface area contributed by atoms with Crippen molar-refractivity contribution in [2.75, 3.05) is 7.05 Å². The number of hydrogen-bond donors (Lipinski definition) is 1. The first-order chi connectivity index (χ1) is 6.54. The van der Waals surface area contributed by atoms with Crippen molar-refractivity contribution < 1.29 is 8.78 Å². The van der Waals surface area contributed by atoms with E-state index in [0.717, 1.165) is 16.3 Å². The van der Waals surface area contributed by atoms with E-state index in [1.54, 1.807) is 6.92 Å². The Bertz CT molecular complexity index is 299. The van der Waals surface area contributed by atoms with Crippen LogP contribution in [0.3, 0.4) is 0 Å². The second-order valence-corrected chi connectivity index (χ2v) is 4.37. The number of rotatable bonds is 4. The molecule has 1 heterocycles. The van der Waals surface area contributed by atoms with Crippen LogP contribution in [0.4, 0.5) is 8.78 Å². The number of nitrogens with zero attached hydrogens (tertiary/aromatic N) is 1. The Hall–Kier alpha value is -0.550. The van der Waals surface area contributed by atoms with E-state index in [2.05, 4.69) is 10.3 Å². The average Bonchev–Trinajstić information content (AvgIpc) is 2.46. The predicted molar refractivity (Wildman–Crippen MR) is 54.0 cm³/mol. The number of nitrogens with one attached hydrogen (secondary N) is 1. The quantitative estimate of drug-likeness (QED) is 0.843. The molecule has 1 N–H and O–H groups in total. The second-order valence-electron chi connectivity index (χ2n) is 3.25. The zero-order valence-corrected chi connectivity index (χ0v) is 9.29. The molecule has 1 aromatic rings. The van der Waals surface area contributed by atoms with Gasteiger partial charge >= 0.3 is 0 Å². The van der Waals surface area contributed by atoms with Crippen LogP contribution in [0.1, 0.15) is 28.9 Å². The summed E-state index contributed by atoms with van der Waals surface area (Å²) in [5.41, 5.74) is 0.461. The Morgan fingerprint density at radius 2 is 2.14 bits per heavy atom. The lowest BCUT2D eigenvalue weighted by atomic mass is 10.2. The van der Waals surface area contributed by atoms with E-state index in [0.29, 0.717) is 12.1 Å². The van der Waals surface area contributed by atoms with Gasteiger partial charge in [0.15, 0.2) is 0 Å². The third-order valence-electron chi connectivity index (χ3n) is 2.05. The fraction of sp³-hybridized carbons (Fsp3) is 0.667. The number of halogens is 2. The number of aryl methyl sites for hydroxylation is 1. The molecule has 0 spiro atoms. The molecule has 0 saturated heterocycles. The Morgan fingerprint density at radius 3 is 2.57 bits per heavy atom. The van der Waals surface area contributed by atoms with Gasteiger partial charge in [-0.25, -0.2) is 13.8 Å². The van der Waals surface area contributed by atoms with Crippen molar-refractivity contribution in [1.82, 2.24) is 10.3 Å². The van der Waals surface area contributed by atoms with Gasteiger partial charge in [0.25, 0.3) is 6.43 Å². The van der Waals surface area contributed by atoms with Crippen molar-refractivity contribution in [3.8, 4) is 0 Å². The van der Waals surface area contributed by atoms with E-state index in [-0.39, 0.29) is 10.9 Å². The molecule has 14 heavy (non-hydrogen) atoms. The lowest BCUT2D eigenvalue weighted by Gasteiger charge is -2.05. The van der Waals surface area contributed by atoms with Crippen molar-refractivity contribution >= 4 is 11.3 Å². The molecular formula is C9H14F2N2S. The highest BCUT2D eigenvalue weighted by Gasteiger charge is 2.16. The minimum atomic E-state index is -2.40. The molecule has 1 rings (SSSR count). The third kappa shape index (κ3) is 2.72. The molecule has 0 aliphatic rings. The number of hydrogen-bond acceptors (Lipinski definition) is 3. The maximum Gasteiger partial charge on any atom is 0.274 e. The first-order valence-corrected chi connectivity index (χ1v) is 5.27. The molecule has 80 valence electrons. The summed E-state index contributed by atoms with van der Waals surface area (Å²) in [7, 11) is 1.85. The normalized spacial score (nSPS) is 13.6. The van der Waals surface area contributed by atoms with Gasteiger partial charge in [-0.2, -0.15) is 0 Å². The van der Waals surface area contributed by atoms with Crippen LogP contribution in [-0.2, 0) is 6.42 Å². The molecule has 0 saturated carbocycles. The summed E-state index contributed by atoms with van der Waals surface area (Å²) in [4.78, 5) is 4.22. The van der Waals surface area contributed by atoms with Crippen LogP contribution in [-0.4, -0.2) is 18.1 Å². The fourth-order valence-electron chi connectivity index (χ4n) is 1.12. The molecule has 1 aromatic heterocycles. The minimum absolute atomic E-state index is 0.100. The molecule has 0 radical (unpaired) electrons. The molecule has 0 aliphatic carbocycles. The first-order valence-electron chi connectivity index (χ1n) is 4.46. The highest BCUT2D eigenvalue weighted by atomic mass is 32.1. The zero-order valence-electron chi connectivity index (χ0n) is 8.47. The Morgan fingerprint density at radius 1 is 1.50 bits per heavy atom. The lowest BCUT2D eigenvalue weighted by molar-refractivity contribution is 0.154. The van der Waals surface area contributed by atoms with Gasteiger partial charge in [0.05, 0.1) is 15.6 Å². The zero-order chi connectivity index (χ0) is 10.7. The van der Waals surface area contributed by atoms with E-state index in [9.17, 15) is 8.78 Å². The number of alkyl halides is 2. The summed E-state index contributed by atoms with van der Waals surface area (Å²) in [5, 5.41) is 3.83. The van der Waals surface area contributed by atoms with Gasteiger partial charge < -0.3 is 5.32 Å². The Labute approximate surface area is 86.4 Å². The van der Waals surface area contributed by atoms with E-state index >= 15 is 0 Å². The van der Waals surface area contributed by atoms with Crippen LogP contribution in [0.15, 0.2) is 0 Å². The number of thiazole rings is 1. The molecule has 1 unspecified atom stereocenters. The highest BCUT2D eigenvalue weighted by Crippen LogP contribution is 2.29. The predicted octanol–water partition coefficient (Wildman–Crippen LogP) is 2.54. The maximum atomic E-state index is 12.4. The lowest BCUT2D eigenvalue weighted by Crippen LogP contribution is -2.23. The summed E-state index contributed by atoms with van der Waals surface area (Å²) in [5.74, 6) is 0. The molecule has 5 heteroatoms. The second kappa shape index (κ2) is 4.79. The van der Waals surface area contributed by atoms with Gasteiger partial charge in [0.1, 0.15) is 0 Å². The molecular weight excluding hydrogens is 206 g/mol. The number of likely N-dealkylation sites (N-methyl/N-ethyl adjacent to an activating group) is 1. The highest BCUT2D eigenvalue weighted by molar-refractivity contribution is 7.11. The smallest absolute Gasteiger partial charge is 0.274 e. The number of aromatic nitrogens is 1. The maximum absolute atomic E-state index is 12.4. The van der Waals surface area contributed by atoms with Gasteiger partial charge in [-0.1, -0.05) is 0 Å². The average molecular weight is 220 g/mol. The minimum Gasteiger partial charge on any atom is -0.317 e. The SMILES string of the molecule is CNC(C)Cc1nc(C)c(C(F)F)s1. The van der Waals surface area contributed by atoms with Gasteiger partial charge in [0.2, 0.25) is 0 Å². The molecule has 0 aromatic carbocycles. The van der Waals surface area contributed by atoms with Crippen molar-refractivity contribution in [2.24, 2.45) is 0 Å². The Balaban J connectivity index is 2.75. The van der Waals surface area contributed by atoms with Crippen molar-refractivity contribution in [3.63, 3.8) is 0 Å². The van der Waals surface area contributed by atoms with Crippen LogP contribution in [0.2, 0.25) is 0 Å². The van der Waals surface area contributed by atoms with Crippen LogP contribution in [0.5, 0.6) is 0 Å². The van der Waals surface area contributed by atoms with E-state index in [1.165, 1.54) is 0 Å². The summed E-state index contributed by atoms with van der Waals surface area (Å²) < 4.78 is 24.8. The van der Waals surface area contributed by atoms with Gasteiger partial charge in [-0.05, 0) is 20.9 Å². The Kier molecular flexibility index (Phi) is 3.95. The van der Waals surface area contributed by atoms with Crippen LogP contribution >= 0.6 is 11.3 Å². The first kappa shape index (κ1) is 11.5. The summed E-state index contributed by atoms with van der Waals surface area (Å²) in [6, 6.07) is 0.270. The van der Waals surface area contributed by atoms with E-state index in [1.807, 2.05) is 14.0 Å². The van der Waals surface area contributed by atoms with Crippen molar-refractivity contribution in [3.05, 3.63) is 15.6 Å².